The topological polar surface area (TPSA) is 80.3 Å². The number of hydrogen-bond acceptors (Lipinski definition) is 4. The van der Waals surface area contributed by atoms with Crippen molar-refractivity contribution < 1.29 is 99.7 Å². The minimum absolute atomic E-state index is 0. The van der Waals surface area contributed by atoms with Gasteiger partial charge in [0.15, 0.2) is 0 Å². The molecule has 0 amide bonds. The molecule has 0 aromatic carbocycles. The second-order valence-electron chi connectivity index (χ2n) is 0.575. The zero-order chi connectivity index (χ0) is 5.15. The van der Waals surface area contributed by atoms with Crippen LogP contribution in [0.4, 0.5) is 0 Å². The van der Waals surface area contributed by atoms with E-state index < -0.39 is 11.9 Å². The molecular formula is C2O4RbTi+3. The van der Waals surface area contributed by atoms with Crippen molar-refractivity contribution in [2.75, 3.05) is 0 Å². The van der Waals surface area contributed by atoms with Crippen LogP contribution in [0.2, 0.25) is 0 Å². The first-order valence-corrected chi connectivity index (χ1v) is 1.07. The van der Waals surface area contributed by atoms with Gasteiger partial charge in [-0.2, -0.15) is 0 Å². The Kier molecular flexibility index (Phi) is 17.2. The van der Waals surface area contributed by atoms with Gasteiger partial charge in [-0.1, -0.05) is 0 Å². The van der Waals surface area contributed by atoms with Crippen LogP contribution in [0, 0.1) is 0 Å². The van der Waals surface area contributed by atoms with E-state index >= 15 is 0 Å². The van der Waals surface area contributed by atoms with E-state index in [9.17, 15) is 0 Å². The number of carboxylic acid groups (broad SMARTS) is 2. The molecule has 0 rings (SSSR count). The predicted molar refractivity (Wildman–Crippen MR) is 10.0 cm³/mol. The van der Waals surface area contributed by atoms with E-state index in [-0.39, 0.29) is 79.9 Å². The molecule has 0 aromatic rings. The smallest absolute Gasteiger partial charge is 0.543 e. The Labute approximate surface area is 109 Å². The third-order valence-corrected chi connectivity index (χ3v) is 0.167. The van der Waals surface area contributed by atoms with Crippen molar-refractivity contribution in [3.05, 3.63) is 0 Å². The van der Waals surface area contributed by atoms with Crippen LogP contribution < -0.4 is 68.4 Å². The van der Waals surface area contributed by atoms with Gasteiger partial charge in [-0.3, -0.25) is 0 Å². The molecule has 0 spiro atoms. The van der Waals surface area contributed by atoms with Gasteiger partial charge < -0.3 is 19.8 Å². The second-order valence-corrected chi connectivity index (χ2v) is 0.575. The van der Waals surface area contributed by atoms with Crippen molar-refractivity contribution in [1.29, 1.82) is 0 Å². The van der Waals surface area contributed by atoms with Crippen molar-refractivity contribution in [3.8, 4) is 0 Å². The first-order valence-electron chi connectivity index (χ1n) is 1.07. The average molecular weight is 221 g/mol. The summed E-state index contributed by atoms with van der Waals surface area (Å²) in [5, 5.41) is 17.9. The first-order chi connectivity index (χ1) is 2.64. The fourth-order valence-electron chi connectivity index (χ4n) is 0. The van der Waals surface area contributed by atoms with Crippen LogP contribution in [0.3, 0.4) is 0 Å². The molecule has 4 nitrogen and oxygen atoms in total. The predicted octanol–water partition coefficient (Wildman–Crippen LogP) is -6.51. The van der Waals surface area contributed by atoms with Gasteiger partial charge in [-0.05, 0) is 0 Å². The molecule has 0 aromatic heterocycles. The van der Waals surface area contributed by atoms with Gasteiger partial charge in [0.1, 0.15) is 0 Å². The van der Waals surface area contributed by atoms with Crippen molar-refractivity contribution in [3.63, 3.8) is 0 Å². The Morgan fingerprint density at radius 1 is 1.00 bits per heavy atom. The summed E-state index contributed by atoms with van der Waals surface area (Å²) in [5.74, 6) is -4.37. The van der Waals surface area contributed by atoms with Crippen LogP contribution in [0.5, 0.6) is 0 Å². The first kappa shape index (κ1) is 16.2. The molecule has 0 radical (unpaired) electrons. The average Bonchev–Trinajstić information content (AvgIpc) is 1.36. The largest absolute Gasteiger partial charge is 4.00 e. The van der Waals surface area contributed by atoms with Gasteiger partial charge >= 0.3 is 79.9 Å². The molecule has 0 saturated heterocycles. The summed E-state index contributed by atoms with van der Waals surface area (Å²) in [7, 11) is 0. The van der Waals surface area contributed by atoms with E-state index in [1.807, 2.05) is 0 Å². The number of carbonyl (C=O) groups is 2. The number of rotatable bonds is 0. The molecule has 6 heteroatoms. The van der Waals surface area contributed by atoms with Crippen molar-refractivity contribution in [2.24, 2.45) is 0 Å². The Morgan fingerprint density at radius 3 is 1.12 bits per heavy atom. The molecule has 34 valence electrons. The van der Waals surface area contributed by atoms with Crippen LogP contribution in [0.25, 0.3) is 0 Å². The molecule has 0 heterocycles. The summed E-state index contributed by atoms with van der Waals surface area (Å²) in [4.78, 5) is 17.9. The monoisotopic (exact) mass is 221 g/mol. The summed E-state index contributed by atoms with van der Waals surface area (Å²) in [6, 6.07) is 0. The normalized spacial score (nSPS) is 5.50. The fraction of sp³-hybridized carbons (Fsp3) is 0. The molecule has 0 atom stereocenters. The van der Waals surface area contributed by atoms with E-state index in [2.05, 4.69) is 0 Å². The van der Waals surface area contributed by atoms with Crippen LogP contribution in [0.15, 0.2) is 0 Å². The SMILES string of the molecule is O=C([O-])C(=O)[O-].[Rb+].[Ti+4]. The molecule has 0 aliphatic carbocycles. The Bertz CT molecular complexity index is 80.0. The van der Waals surface area contributed by atoms with Crippen LogP contribution in [-0.4, -0.2) is 11.9 Å². The maximum atomic E-state index is 8.93. The zero-order valence-corrected chi connectivity index (χ0v) is 10.6. The summed E-state index contributed by atoms with van der Waals surface area (Å²) >= 11 is 0. The van der Waals surface area contributed by atoms with Crippen molar-refractivity contribution in [2.45, 2.75) is 0 Å². The zero-order valence-electron chi connectivity index (χ0n) is 4.13. The van der Waals surface area contributed by atoms with E-state index in [0.717, 1.165) is 0 Å². The van der Waals surface area contributed by atoms with Crippen molar-refractivity contribution >= 4 is 11.9 Å². The minimum atomic E-state index is -2.19. The van der Waals surface area contributed by atoms with Gasteiger partial charge in [0.25, 0.3) is 0 Å². The molecule has 0 aliphatic heterocycles. The molecule has 0 saturated carbocycles. The Morgan fingerprint density at radius 2 is 1.12 bits per heavy atom. The Balaban J connectivity index is -0.000000125. The minimum Gasteiger partial charge on any atom is -0.543 e. The molecular weight excluding hydrogens is 221 g/mol. The molecule has 0 N–H and O–H groups in total. The van der Waals surface area contributed by atoms with E-state index in [1.165, 1.54) is 0 Å². The second kappa shape index (κ2) is 8.46. The van der Waals surface area contributed by atoms with Gasteiger partial charge in [-0.25, -0.2) is 0 Å². The quantitative estimate of drug-likeness (QED) is 0.301. The molecule has 0 aliphatic rings. The van der Waals surface area contributed by atoms with Crippen LogP contribution in [-0.2, 0) is 31.3 Å². The molecule has 0 unspecified atom stereocenters. The third-order valence-electron chi connectivity index (χ3n) is 0.167. The number of aliphatic carboxylic acids is 2. The fourth-order valence-corrected chi connectivity index (χ4v) is 0. The number of carboxylic acids is 2. The van der Waals surface area contributed by atoms with Crippen LogP contribution in [0.1, 0.15) is 0 Å². The van der Waals surface area contributed by atoms with E-state index in [4.69, 9.17) is 19.8 Å². The maximum Gasteiger partial charge on any atom is 4.00 e. The van der Waals surface area contributed by atoms with Crippen molar-refractivity contribution in [1.82, 2.24) is 0 Å². The van der Waals surface area contributed by atoms with Crippen LogP contribution >= 0.6 is 0 Å². The summed E-state index contributed by atoms with van der Waals surface area (Å²) in [5.41, 5.74) is 0. The maximum absolute atomic E-state index is 8.93. The van der Waals surface area contributed by atoms with Gasteiger partial charge in [0.2, 0.25) is 0 Å². The molecule has 0 bridgehead atoms. The Hall–Kier alpha value is 1.46. The number of hydrogen-bond donors (Lipinski definition) is 0. The summed E-state index contributed by atoms with van der Waals surface area (Å²) in [6.45, 7) is 0. The standard InChI is InChI=1S/C2H2O4.Rb.Ti/c3-1(4)2(5)6;;/h(H,3,4)(H,5,6);;/q;+1;+4/p-2. The van der Waals surface area contributed by atoms with E-state index in [1.54, 1.807) is 0 Å². The van der Waals surface area contributed by atoms with E-state index in [0.29, 0.717) is 0 Å². The summed E-state index contributed by atoms with van der Waals surface area (Å²) in [6.07, 6.45) is 0. The van der Waals surface area contributed by atoms with Gasteiger partial charge in [0, 0.05) is 0 Å². The molecule has 0 fully saturated rings. The van der Waals surface area contributed by atoms with Gasteiger partial charge in [-0.15, -0.1) is 0 Å². The van der Waals surface area contributed by atoms with Gasteiger partial charge in [0.05, 0.1) is 11.9 Å². The summed E-state index contributed by atoms with van der Waals surface area (Å²) < 4.78 is 0. The number of carbonyl (C=O) groups excluding carboxylic acids is 2. The third kappa shape index (κ3) is 10.4. The molecule has 8 heavy (non-hydrogen) atoms.